The van der Waals surface area contributed by atoms with Gasteiger partial charge in [-0.15, -0.1) is 0 Å². The summed E-state index contributed by atoms with van der Waals surface area (Å²) in [5.41, 5.74) is 0.320. The van der Waals surface area contributed by atoms with Gasteiger partial charge in [0, 0.05) is 6.20 Å². The summed E-state index contributed by atoms with van der Waals surface area (Å²) in [6.07, 6.45) is -0.942. The highest BCUT2D eigenvalue weighted by atomic mass is 35.5. The largest absolute Gasteiger partial charge is 0.394 e. The highest BCUT2D eigenvalue weighted by Crippen LogP contribution is 2.44. The van der Waals surface area contributed by atoms with Crippen LogP contribution in [0.1, 0.15) is 25.9 Å². The Morgan fingerprint density at radius 3 is 2.75 bits per heavy atom. The molecule has 1 N–H and O–H groups in total. The quantitative estimate of drug-likeness (QED) is 0.828. The molecule has 7 nitrogen and oxygen atoms in total. The van der Waals surface area contributed by atoms with Crippen LogP contribution in [0.5, 0.6) is 0 Å². The molecule has 2 aliphatic heterocycles. The molecule has 2 aliphatic rings. The van der Waals surface area contributed by atoms with E-state index in [4.69, 9.17) is 25.8 Å². The number of rotatable bonds is 2. The molecule has 24 heavy (non-hydrogen) atoms. The van der Waals surface area contributed by atoms with Crippen molar-refractivity contribution in [2.24, 2.45) is 0 Å². The van der Waals surface area contributed by atoms with Crippen molar-refractivity contribution in [3.8, 4) is 0 Å². The van der Waals surface area contributed by atoms with E-state index in [9.17, 15) is 9.50 Å². The van der Waals surface area contributed by atoms with E-state index in [1.54, 1.807) is 20.8 Å². The van der Waals surface area contributed by atoms with E-state index in [0.29, 0.717) is 11.5 Å². The Kier molecular flexibility index (Phi) is 3.59. The molecule has 0 aliphatic carbocycles. The minimum absolute atomic E-state index is 0.0472. The van der Waals surface area contributed by atoms with E-state index in [0.717, 1.165) is 0 Å². The number of ether oxygens (including phenoxy) is 3. The van der Waals surface area contributed by atoms with Gasteiger partial charge >= 0.3 is 0 Å². The van der Waals surface area contributed by atoms with Gasteiger partial charge in [-0.25, -0.2) is 14.4 Å². The van der Waals surface area contributed by atoms with Crippen LogP contribution in [0.4, 0.5) is 4.39 Å². The van der Waals surface area contributed by atoms with Gasteiger partial charge in [-0.05, 0) is 20.8 Å². The summed E-state index contributed by atoms with van der Waals surface area (Å²) in [5.74, 6) is -0.931. The fourth-order valence-electron chi connectivity index (χ4n) is 3.39. The second kappa shape index (κ2) is 5.34. The lowest BCUT2D eigenvalue weighted by molar-refractivity contribution is -0.199. The average Bonchev–Trinajstić information content (AvgIpc) is 3.07. The first-order valence-electron chi connectivity index (χ1n) is 7.63. The SMILES string of the molecule is Cc1nc(Cl)c2c(F)cn([C@@H]3O[C@H](CO)[C@H]4OC(C)(C)O[C@H]43)c2n1. The number of aromatic nitrogens is 3. The van der Waals surface area contributed by atoms with E-state index >= 15 is 0 Å². The van der Waals surface area contributed by atoms with Crippen LogP contribution in [-0.4, -0.2) is 50.3 Å². The van der Waals surface area contributed by atoms with Crippen molar-refractivity contribution in [3.63, 3.8) is 0 Å². The Bertz CT molecular complexity index is 812. The van der Waals surface area contributed by atoms with Crippen LogP contribution in [0.3, 0.4) is 0 Å². The lowest BCUT2D eigenvalue weighted by Gasteiger charge is -2.24. The number of hydrogen-bond donors (Lipinski definition) is 1. The number of nitrogens with zero attached hydrogens (tertiary/aromatic N) is 3. The summed E-state index contributed by atoms with van der Waals surface area (Å²) in [5, 5.41) is 9.74. The van der Waals surface area contributed by atoms with Crippen molar-refractivity contribution in [1.82, 2.24) is 14.5 Å². The molecule has 0 bridgehead atoms. The molecule has 2 saturated heterocycles. The average molecular weight is 358 g/mol. The van der Waals surface area contributed by atoms with E-state index in [1.165, 1.54) is 10.8 Å². The third-order valence-corrected chi connectivity index (χ3v) is 4.55. The second-order valence-corrected chi connectivity index (χ2v) is 6.81. The smallest absolute Gasteiger partial charge is 0.165 e. The number of fused-ring (bicyclic) bond motifs is 2. The maximum atomic E-state index is 14.4. The number of hydrogen-bond acceptors (Lipinski definition) is 6. The van der Waals surface area contributed by atoms with Crippen molar-refractivity contribution in [2.75, 3.05) is 6.61 Å². The van der Waals surface area contributed by atoms with Gasteiger partial charge < -0.3 is 23.9 Å². The minimum atomic E-state index is -0.811. The van der Waals surface area contributed by atoms with Crippen molar-refractivity contribution in [2.45, 2.75) is 51.1 Å². The highest BCUT2D eigenvalue weighted by Gasteiger charge is 2.56. The zero-order chi connectivity index (χ0) is 17.2. The first-order chi connectivity index (χ1) is 11.3. The summed E-state index contributed by atoms with van der Waals surface area (Å²) >= 11 is 6.06. The molecule has 4 heterocycles. The van der Waals surface area contributed by atoms with Crippen molar-refractivity contribution in [3.05, 3.63) is 23.0 Å². The Labute approximate surface area is 142 Å². The molecule has 9 heteroatoms. The third kappa shape index (κ3) is 2.33. The maximum absolute atomic E-state index is 14.4. The van der Waals surface area contributed by atoms with E-state index < -0.39 is 36.1 Å². The van der Waals surface area contributed by atoms with Crippen LogP contribution in [0, 0.1) is 12.7 Å². The normalized spacial score (nSPS) is 31.8. The van der Waals surface area contributed by atoms with Crippen molar-refractivity contribution in [1.29, 1.82) is 0 Å². The van der Waals surface area contributed by atoms with Crippen LogP contribution < -0.4 is 0 Å². The molecule has 2 fully saturated rings. The summed E-state index contributed by atoms with van der Waals surface area (Å²) in [7, 11) is 0. The van der Waals surface area contributed by atoms with Gasteiger partial charge in [-0.3, -0.25) is 0 Å². The molecular formula is C15H17ClFN3O4. The Morgan fingerprint density at radius 2 is 2.04 bits per heavy atom. The summed E-state index contributed by atoms with van der Waals surface area (Å²) in [4.78, 5) is 8.28. The Balaban J connectivity index is 1.83. The monoisotopic (exact) mass is 357 g/mol. The van der Waals surface area contributed by atoms with E-state index in [1.807, 2.05) is 0 Å². The highest BCUT2D eigenvalue weighted by molar-refractivity contribution is 6.34. The molecule has 4 atom stereocenters. The van der Waals surface area contributed by atoms with Gasteiger partial charge in [0.25, 0.3) is 0 Å². The first kappa shape index (κ1) is 16.2. The molecule has 2 aromatic rings. The zero-order valence-electron chi connectivity index (χ0n) is 13.4. The molecule has 0 spiro atoms. The fourth-order valence-corrected chi connectivity index (χ4v) is 3.69. The van der Waals surface area contributed by atoms with Gasteiger partial charge in [-0.2, -0.15) is 0 Å². The number of halogens is 2. The molecule has 0 saturated carbocycles. The molecule has 0 amide bonds. The lowest BCUT2D eigenvalue weighted by atomic mass is 10.1. The summed E-state index contributed by atoms with van der Waals surface area (Å²) < 4.78 is 33.5. The molecule has 0 radical (unpaired) electrons. The topological polar surface area (TPSA) is 78.6 Å². The maximum Gasteiger partial charge on any atom is 0.165 e. The second-order valence-electron chi connectivity index (χ2n) is 6.46. The van der Waals surface area contributed by atoms with Crippen molar-refractivity contribution >= 4 is 22.6 Å². The predicted octanol–water partition coefficient (Wildman–Crippen LogP) is 1.94. The Hall–Kier alpha value is -1.32. The van der Waals surface area contributed by atoms with Crippen molar-refractivity contribution < 1.29 is 23.7 Å². The minimum Gasteiger partial charge on any atom is -0.394 e. The van der Waals surface area contributed by atoms with Crippen LogP contribution in [-0.2, 0) is 14.2 Å². The van der Waals surface area contributed by atoms with Gasteiger partial charge in [-0.1, -0.05) is 11.6 Å². The first-order valence-corrected chi connectivity index (χ1v) is 8.00. The van der Waals surface area contributed by atoms with E-state index in [-0.39, 0.29) is 17.1 Å². The van der Waals surface area contributed by atoms with Crippen LogP contribution in [0.15, 0.2) is 6.20 Å². The van der Waals surface area contributed by atoms with Gasteiger partial charge in [0.1, 0.15) is 34.9 Å². The summed E-state index contributed by atoms with van der Waals surface area (Å²) in [6, 6.07) is 0. The zero-order valence-corrected chi connectivity index (χ0v) is 14.1. The standard InChI is InChI=1S/C15H17ClFN3O4/c1-6-18-12(16)9-7(17)4-20(13(9)19-6)14-11-10(8(5-21)22-14)23-15(2,3)24-11/h4,8,10-11,14,21H,5H2,1-3H3/t8-,10-,11-,14-/m1/s1. The molecule has 2 aromatic heterocycles. The molecule has 0 unspecified atom stereocenters. The predicted molar refractivity (Wildman–Crippen MR) is 82.1 cm³/mol. The van der Waals surface area contributed by atoms with Gasteiger partial charge in [0.15, 0.2) is 17.8 Å². The van der Waals surface area contributed by atoms with Crippen LogP contribution >= 0.6 is 11.6 Å². The molecule has 0 aromatic carbocycles. The van der Waals surface area contributed by atoms with Gasteiger partial charge in [0.2, 0.25) is 0 Å². The Morgan fingerprint density at radius 1 is 1.33 bits per heavy atom. The summed E-state index contributed by atoms with van der Waals surface area (Å²) in [6.45, 7) is 5.02. The molecule has 130 valence electrons. The number of aliphatic hydroxyl groups is 1. The fraction of sp³-hybridized carbons (Fsp3) is 0.600. The number of aliphatic hydroxyl groups excluding tert-OH is 1. The van der Waals surface area contributed by atoms with Crippen LogP contribution in [0.25, 0.3) is 11.0 Å². The van der Waals surface area contributed by atoms with E-state index in [2.05, 4.69) is 9.97 Å². The number of aryl methyl sites for hydroxylation is 1. The third-order valence-electron chi connectivity index (χ3n) is 4.27. The van der Waals surface area contributed by atoms with Gasteiger partial charge in [0.05, 0.1) is 12.0 Å². The van der Waals surface area contributed by atoms with Crippen LogP contribution in [0.2, 0.25) is 5.15 Å². The lowest BCUT2D eigenvalue weighted by Crippen LogP contribution is -2.31. The molecule has 4 rings (SSSR count). The molecular weight excluding hydrogens is 341 g/mol.